The van der Waals surface area contributed by atoms with E-state index in [4.69, 9.17) is 18.0 Å². The molecule has 5 heteroatoms. The fourth-order valence-electron chi connectivity index (χ4n) is 1.88. The second-order valence-electron chi connectivity index (χ2n) is 4.70. The van der Waals surface area contributed by atoms with Crippen molar-refractivity contribution < 1.29 is 5.11 Å². The zero-order chi connectivity index (χ0) is 13.9. The Kier molecular flexibility index (Phi) is 5.04. The number of rotatable bonds is 5. The average Bonchev–Trinajstić information content (AvgIpc) is 2.23. The lowest BCUT2D eigenvalue weighted by atomic mass is 10.1. The topological polar surface area (TPSA) is 62.4 Å². The summed E-state index contributed by atoms with van der Waals surface area (Å²) in [6, 6.07) is 1.97. The monoisotopic (exact) mass is 267 g/mol. The van der Waals surface area contributed by atoms with E-state index in [1.54, 1.807) is 6.92 Å². The maximum absolute atomic E-state index is 9.34. The summed E-state index contributed by atoms with van der Waals surface area (Å²) in [4.78, 5) is 6.86. The van der Waals surface area contributed by atoms with Gasteiger partial charge in [0.15, 0.2) is 0 Å². The fraction of sp³-hybridized carbons (Fsp3) is 0.538. The SMILES string of the molecule is Cc1cc(C)c(C(N)=S)c(N(C)CCC(C)O)n1. The molecule has 0 saturated heterocycles. The molecule has 0 aliphatic rings. The first-order valence-corrected chi connectivity index (χ1v) is 6.41. The van der Waals surface area contributed by atoms with Gasteiger partial charge in [0.2, 0.25) is 0 Å². The maximum atomic E-state index is 9.34. The van der Waals surface area contributed by atoms with Gasteiger partial charge in [0.1, 0.15) is 10.8 Å². The number of anilines is 1. The number of thiocarbonyl (C=S) groups is 1. The van der Waals surface area contributed by atoms with E-state index in [0.717, 1.165) is 22.6 Å². The molecule has 1 atom stereocenters. The summed E-state index contributed by atoms with van der Waals surface area (Å²) in [6.45, 7) is 6.41. The number of aliphatic hydroxyl groups is 1. The Morgan fingerprint density at radius 2 is 2.17 bits per heavy atom. The van der Waals surface area contributed by atoms with Crippen molar-refractivity contribution in [3.63, 3.8) is 0 Å². The minimum Gasteiger partial charge on any atom is -0.393 e. The lowest BCUT2D eigenvalue weighted by Crippen LogP contribution is -2.27. The second-order valence-corrected chi connectivity index (χ2v) is 5.14. The third kappa shape index (κ3) is 3.65. The van der Waals surface area contributed by atoms with Crippen LogP contribution in [-0.2, 0) is 0 Å². The minimum absolute atomic E-state index is 0.327. The van der Waals surface area contributed by atoms with Crippen LogP contribution in [0.5, 0.6) is 0 Å². The summed E-state index contributed by atoms with van der Waals surface area (Å²) in [5.74, 6) is 0.792. The Balaban J connectivity index is 3.09. The molecule has 1 aromatic rings. The van der Waals surface area contributed by atoms with Gasteiger partial charge in [-0.25, -0.2) is 4.98 Å². The molecular weight excluding hydrogens is 246 g/mol. The molecule has 1 rings (SSSR count). The van der Waals surface area contributed by atoms with Crippen LogP contribution in [0.1, 0.15) is 30.2 Å². The molecule has 0 spiro atoms. The van der Waals surface area contributed by atoms with Crippen molar-refractivity contribution in [2.75, 3.05) is 18.5 Å². The van der Waals surface area contributed by atoms with Gasteiger partial charge >= 0.3 is 0 Å². The summed E-state index contributed by atoms with van der Waals surface area (Å²) >= 11 is 5.10. The van der Waals surface area contributed by atoms with Crippen LogP contribution >= 0.6 is 12.2 Å². The van der Waals surface area contributed by atoms with Crippen molar-refractivity contribution in [3.05, 3.63) is 22.9 Å². The molecule has 1 aromatic heterocycles. The van der Waals surface area contributed by atoms with E-state index in [-0.39, 0.29) is 6.10 Å². The average molecular weight is 267 g/mol. The number of aliphatic hydroxyl groups excluding tert-OH is 1. The molecule has 0 aromatic carbocycles. The van der Waals surface area contributed by atoms with Gasteiger partial charge in [0.05, 0.1) is 11.7 Å². The van der Waals surface area contributed by atoms with Gasteiger partial charge < -0.3 is 15.7 Å². The van der Waals surface area contributed by atoms with Crippen LogP contribution < -0.4 is 10.6 Å². The Labute approximate surface area is 114 Å². The molecule has 0 aliphatic heterocycles. The van der Waals surface area contributed by atoms with E-state index in [2.05, 4.69) is 4.98 Å². The normalized spacial score (nSPS) is 12.3. The highest BCUT2D eigenvalue weighted by Gasteiger charge is 2.15. The maximum Gasteiger partial charge on any atom is 0.139 e. The Morgan fingerprint density at radius 1 is 1.56 bits per heavy atom. The lowest BCUT2D eigenvalue weighted by Gasteiger charge is -2.23. The number of aryl methyl sites for hydroxylation is 2. The molecule has 0 aliphatic carbocycles. The smallest absolute Gasteiger partial charge is 0.139 e. The molecule has 18 heavy (non-hydrogen) atoms. The number of nitrogens with zero attached hydrogens (tertiary/aromatic N) is 2. The first-order valence-electron chi connectivity index (χ1n) is 6.00. The quantitative estimate of drug-likeness (QED) is 0.792. The van der Waals surface area contributed by atoms with Crippen molar-refractivity contribution in [3.8, 4) is 0 Å². The van der Waals surface area contributed by atoms with Crippen molar-refractivity contribution in [2.24, 2.45) is 5.73 Å². The number of hydrogen-bond acceptors (Lipinski definition) is 4. The summed E-state index contributed by atoms with van der Waals surface area (Å²) in [7, 11) is 1.94. The van der Waals surface area contributed by atoms with Crippen molar-refractivity contribution in [1.29, 1.82) is 0 Å². The van der Waals surface area contributed by atoms with Crippen LogP contribution in [0.15, 0.2) is 6.07 Å². The van der Waals surface area contributed by atoms with Gasteiger partial charge in [0, 0.05) is 19.3 Å². The number of hydrogen-bond donors (Lipinski definition) is 2. The summed E-state index contributed by atoms with van der Waals surface area (Å²) in [5.41, 5.74) is 8.57. The molecule has 4 nitrogen and oxygen atoms in total. The van der Waals surface area contributed by atoms with Crippen molar-refractivity contribution in [2.45, 2.75) is 33.3 Å². The minimum atomic E-state index is -0.327. The number of aromatic nitrogens is 1. The molecule has 3 N–H and O–H groups in total. The molecule has 0 bridgehead atoms. The molecule has 1 heterocycles. The van der Waals surface area contributed by atoms with E-state index < -0.39 is 0 Å². The van der Waals surface area contributed by atoms with Crippen LogP contribution in [0.2, 0.25) is 0 Å². The van der Waals surface area contributed by atoms with Crippen LogP contribution in [0.4, 0.5) is 5.82 Å². The first kappa shape index (κ1) is 14.9. The Hall–Kier alpha value is -1.20. The van der Waals surface area contributed by atoms with E-state index >= 15 is 0 Å². The van der Waals surface area contributed by atoms with E-state index in [9.17, 15) is 5.11 Å². The van der Waals surface area contributed by atoms with Gasteiger partial charge in [-0.3, -0.25) is 0 Å². The van der Waals surface area contributed by atoms with Crippen LogP contribution in [0.3, 0.4) is 0 Å². The highest BCUT2D eigenvalue weighted by atomic mass is 32.1. The zero-order valence-electron chi connectivity index (χ0n) is 11.4. The van der Waals surface area contributed by atoms with Crippen LogP contribution in [0.25, 0.3) is 0 Å². The van der Waals surface area contributed by atoms with Gasteiger partial charge in [-0.1, -0.05) is 12.2 Å². The van der Waals surface area contributed by atoms with E-state index in [1.807, 2.05) is 31.9 Å². The zero-order valence-corrected chi connectivity index (χ0v) is 12.2. The predicted octanol–water partition coefficient (Wildman–Crippen LogP) is 1.54. The second kappa shape index (κ2) is 6.11. The van der Waals surface area contributed by atoms with E-state index in [0.29, 0.717) is 18.0 Å². The largest absolute Gasteiger partial charge is 0.393 e. The van der Waals surface area contributed by atoms with Crippen molar-refractivity contribution in [1.82, 2.24) is 4.98 Å². The van der Waals surface area contributed by atoms with Crippen molar-refractivity contribution >= 4 is 23.0 Å². The highest BCUT2D eigenvalue weighted by Crippen LogP contribution is 2.22. The number of nitrogens with two attached hydrogens (primary N) is 1. The van der Waals surface area contributed by atoms with Crippen LogP contribution in [-0.4, -0.2) is 34.8 Å². The molecule has 0 radical (unpaired) electrons. The molecular formula is C13H21N3OS. The summed E-state index contributed by atoms with van der Waals surface area (Å²) in [5, 5.41) is 9.34. The van der Waals surface area contributed by atoms with Crippen LogP contribution in [0, 0.1) is 13.8 Å². The van der Waals surface area contributed by atoms with Gasteiger partial charge in [-0.15, -0.1) is 0 Å². The fourth-order valence-corrected chi connectivity index (χ4v) is 2.14. The molecule has 0 amide bonds. The van der Waals surface area contributed by atoms with Gasteiger partial charge in [-0.2, -0.15) is 0 Å². The molecule has 100 valence electrons. The van der Waals surface area contributed by atoms with Gasteiger partial charge in [-0.05, 0) is 38.8 Å². The lowest BCUT2D eigenvalue weighted by molar-refractivity contribution is 0.187. The molecule has 1 unspecified atom stereocenters. The number of pyridine rings is 1. The Bertz CT molecular complexity index is 446. The standard InChI is InChI=1S/C13H21N3OS/c1-8-7-9(2)15-13(11(8)12(14)18)16(4)6-5-10(3)17/h7,10,17H,5-6H2,1-4H3,(H2,14,18). The summed E-state index contributed by atoms with van der Waals surface area (Å²) < 4.78 is 0. The first-order chi connectivity index (χ1) is 8.32. The Morgan fingerprint density at radius 3 is 2.67 bits per heavy atom. The molecule has 0 saturated carbocycles. The summed E-state index contributed by atoms with van der Waals surface area (Å²) in [6.07, 6.45) is 0.355. The molecule has 0 fully saturated rings. The highest BCUT2D eigenvalue weighted by molar-refractivity contribution is 7.80. The third-order valence-electron chi connectivity index (χ3n) is 2.82. The van der Waals surface area contributed by atoms with E-state index in [1.165, 1.54) is 0 Å². The predicted molar refractivity (Wildman–Crippen MR) is 79.2 cm³/mol. The van der Waals surface area contributed by atoms with Gasteiger partial charge in [0.25, 0.3) is 0 Å². The third-order valence-corrected chi connectivity index (χ3v) is 3.02.